The standard InChI is InChI=1S/C14H17FN2O3/c1-10(18)8-14(19)16-11-2-3-13(12(15)9-11)17-4-6-20-7-5-17/h2-3,9H,4-8H2,1H3,(H,16,19). The first-order chi connectivity index (χ1) is 9.56. The summed E-state index contributed by atoms with van der Waals surface area (Å²) in [5, 5.41) is 2.50. The third-order valence-corrected chi connectivity index (χ3v) is 2.99. The molecule has 0 aliphatic carbocycles. The van der Waals surface area contributed by atoms with Crippen LogP contribution in [0.1, 0.15) is 13.3 Å². The second kappa shape index (κ2) is 6.47. The largest absolute Gasteiger partial charge is 0.378 e. The lowest BCUT2D eigenvalue weighted by molar-refractivity contribution is -0.124. The maximum atomic E-state index is 14.0. The summed E-state index contributed by atoms with van der Waals surface area (Å²) in [4.78, 5) is 24.2. The zero-order valence-corrected chi connectivity index (χ0v) is 11.3. The van der Waals surface area contributed by atoms with Crippen molar-refractivity contribution in [3.05, 3.63) is 24.0 Å². The highest BCUT2D eigenvalue weighted by molar-refractivity contribution is 6.03. The van der Waals surface area contributed by atoms with Gasteiger partial charge in [0.1, 0.15) is 11.6 Å². The minimum absolute atomic E-state index is 0.202. The Morgan fingerprint density at radius 1 is 1.35 bits per heavy atom. The van der Waals surface area contributed by atoms with E-state index in [1.807, 2.05) is 4.90 Å². The Morgan fingerprint density at radius 2 is 2.05 bits per heavy atom. The first-order valence-corrected chi connectivity index (χ1v) is 6.48. The fourth-order valence-corrected chi connectivity index (χ4v) is 2.08. The van der Waals surface area contributed by atoms with Crippen molar-refractivity contribution >= 4 is 23.1 Å². The summed E-state index contributed by atoms with van der Waals surface area (Å²) < 4.78 is 19.3. The Kier molecular flexibility index (Phi) is 4.68. The lowest BCUT2D eigenvalue weighted by atomic mass is 10.2. The number of morpholine rings is 1. The van der Waals surface area contributed by atoms with Crippen molar-refractivity contribution in [2.75, 3.05) is 36.5 Å². The third-order valence-electron chi connectivity index (χ3n) is 2.99. The van der Waals surface area contributed by atoms with Gasteiger partial charge in [-0.05, 0) is 25.1 Å². The maximum Gasteiger partial charge on any atom is 0.231 e. The number of anilines is 2. The molecule has 0 spiro atoms. The number of rotatable bonds is 4. The van der Waals surface area contributed by atoms with Crippen molar-refractivity contribution in [2.24, 2.45) is 0 Å². The predicted octanol–water partition coefficient (Wildman–Crippen LogP) is 1.58. The number of carbonyl (C=O) groups is 2. The quantitative estimate of drug-likeness (QED) is 0.851. The summed E-state index contributed by atoms with van der Waals surface area (Å²) in [7, 11) is 0. The van der Waals surface area contributed by atoms with Gasteiger partial charge in [0.25, 0.3) is 0 Å². The second-order valence-electron chi connectivity index (χ2n) is 4.69. The zero-order chi connectivity index (χ0) is 14.5. The molecule has 1 saturated heterocycles. The van der Waals surface area contributed by atoms with Gasteiger partial charge in [0.2, 0.25) is 5.91 Å². The molecule has 0 saturated carbocycles. The summed E-state index contributed by atoms with van der Waals surface area (Å²) in [6.45, 7) is 3.79. The number of benzene rings is 1. The van der Waals surface area contributed by atoms with E-state index in [9.17, 15) is 14.0 Å². The summed E-state index contributed by atoms with van der Waals surface area (Å²) in [6, 6.07) is 4.53. The molecule has 2 rings (SSSR count). The number of hydrogen-bond donors (Lipinski definition) is 1. The van der Waals surface area contributed by atoms with Crippen LogP contribution in [-0.2, 0) is 14.3 Å². The summed E-state index contributed by atoms with van der Waals surface area (Å²) in [6.07, 6.45) is -0.202. The number of nitrogens with one attached hydrogen (secondary N) is 1. The van der Waals surface area contributed by atoms with E-state index in [1.54, 1.807) is 12.1 Å². The maximum absolute atomic E-state index is 14.0. The molecule has 0 atom stereocenters. The highest BCUT2D eigenvalue weighted by atomic mass is 19.1. The van der Waals surface area contributed by atoms with Crippen molar-refractivity contribution in [1.29, 1.82) is 0 Å². The van der Waals surface area contributed by atoms with E-state index < -0.39 is 11.7 Å². The minimum atomic E-state index is -0.434. The van der Waals surface area contributed by atoms with Crippen molar-refractivity contribution in [2.45, 2.75) is 13.3 Å². The fourth-order valence-electron chi connectivity index (χ4n) is 2.08. The van der Waals surface area contributed by atoms with Gasteiger partial charge >= 0.3 is 0 Å². The van der Waals surface area contributed by atoms with Crippen LogP contribution in [0.25, 0.3) is 0 Å². The Bertz CT molecular complexity index is 513. The molecule has 1 heterocycles. The molecule has 5 nitrogen and oxygen atoms in total. The smallest absolute Gasteiger partial charge is 0.231 e. The highest BCUT2D eigenvalue weighted by Crippen LogP contribution is 2.23. The molecule has 6 heteroatoms. The van der Waals surface area contributed by atoms with Gasteiger partial charge in [0.05, 0.1) is 25.3 Å². The Labute approximate surface area is 116 Å². The number of amides is 1. The molecule has 1 amide bonds. The van der Waals surface area contributed by atoms with Gasteiger partial charge in [0, 0.05) is 18.8 Å². The lowest BCUT2D eigenvalue weighted by Gasteiger charge is -2.29. The molecule has 1 aromatic carbocycles. The number of hydrogen-bond acceptors (Lipinski definition) is 4. The molecule has 1 aliphatic rings. The van der Waals surface area contributed by atoms with Gasteiger partial charge in [-0.3, -0.25) is 9.59 Å². The van der Waals surface area contributed by atoms with Crippen molar-refractivity contribution < 1.29 is 18.7 Å². The number of halogens is 1. The van der Waals surface area contributed by atoms with E-state index in [0.717, 1.165) is 0 Å². The monoisotopic (exact) mass is 280 g/mol. The lowest BCUT2D eigenvalue weighted by Crippen LogP contribution is -2.36. The average molecular weight is 280 g/mol. The van der Waals surface area contributed by atoms with Crippen LogP contribution < -0.4 is 10.2 Å². The SMILES string of the molecule is CC(=O)CC(=O)Nc1ccc(N2CCOCC2)c(F)c1. The van der Waals surface area contributed by atoms with E-state index in [-0.39, 0.29) is 12.2 Å². The van der Waals surface area contributed by atoms with Crippen LogP contribution in [0.15, 0.2) is 18.2 Å². The Balaban J connectivity index is 2.05. The van der Waals surface area contributed by atoms with Crippen LogP contribution in [0.5, 0.6) is 0 Å². The molecule has 1 N–H and O–H groups in total. The molecule has 0 bridgehead atoms. The highest BCUT2D eigenvalue weighted by Gasteiger charge is 2.15. The first-order valence-electron chi connectivity index (χ1n) is 6.48. The number of ether oxygens (including phenoxy) is 1. The van der Waals surface area contributed by atoms with Crippen LogP contribution in [0.3, 0.4) is 0 Å². The topological polar surface area (TPSA) is 58.6 Å². The molecular formula is C14H17FN2O3. The molecule has 0 radical (unpaired) electrons. The van der Waals surface area contributed by atoms with Gasteiger partial charge < -0.3 is 15.0 Å². The van der Waals surface area contributed by atoms with Crippen molar-refractivity contribution in [3.63, 3.8) is 0 Å². The van der Waals surface area contributed by atoms with E-state index in [4.69, 9.17) is 4.74 Å². The molecule has 1 fully saturated rings. The number of carbonyl (C=O) groups excluding carboxylic acids is 2. The zero-order valence-electron chi connectivity index (χ0n) is 11.3. The minimum Gasteiger partial charge on any atom is -0.378 e. The normalized spacial score (nSPS) is 15.0. The van der Waals surface area contributed by atoms with Gasteiger partial charge in [-0.15, -0.1) is 0 Å². The predicted molar refractivity (Wildman–Crippen MR) is 73.4 cm³/mol. The summed E-state index contributed by atoms with van der Waals surface area (Å²) in [5.41, 5.74) is 0.851. The molecule has 108 valence electrons. The average Bonchev–Trinajstić information content (AvgIpc) is 2.38. The molecule has 0 unspecified atom stereocenters. The number of Topliss-reactive ketones (excluding diaryl/α,β-unsaturated/α-hetero) is 1. The van der Waals surface area contributed by atoms with E-state index in [2.05, 4.69) is 5.32 Å². The van der Waals surface area contributed by atoms with Crippen LogP contribution in [0.2, 0.25) is 0 Å². The van der Waals surface area contributed by atoms with Crippen molar-refractivity contribution in [3.8, 4) is 0 Å². The summed E-state index contributed by atoms with van der Waals surface area (Å²) in [5.74, 6) is -1.06. The van der Waals surface area contributed by atoms with Gasteiger partial charge in [0.15, 0.2) is 0 Å². The van der Waals surface area contributed by atoms with Crippen molar-refractivity contribution in [1.82, 2.24) is 0 Å². The molecule has 1 aromatic rings. The van der Waals surface area contributed by atoms with Crippen LogP contribution in [-0.4, -0.2) is 38.0 Å². The molecule has 0 aromatic heterocycles. The van der Waals surface area contributed by atoms with Crippen LogP contribution >= 0.6 is 0 Å². The van der Waals surface area contributed by atoms with Crippen LogP contribution in [0.4, 0.5) is 15.8 Å². The van der Waals surface area contributed by atoms with Gasteiger partial charge in [-0.1, -0.05) is 0 Å². The molecule has 1 aliphatic heterocycles. The Hall–Kier alpha value is -1.95. The number of nitrogens with zero attached hydrogens (tertiary/aromatic N) is 1. The van der Waals surface area contributed by atoms with E-state index >= 15 is 0 Å². The fraction of sp³-hybridized carbons (Fsp3) is 0.429. The Morgan fingerprint density at radius 3 is 2.65 bits per heavy atom. The third kappa shape index (κ3) is 3.77. The molecule has 20 heavy (non-hydrogen) atoms. The van der Waals surface area contributed by atoms with Crippen LogP contribution in [0, 0.1) is 5.82 Å². The van der Waals surface area contributed by atoms with Gasteiger partial charge in [-0.25, -0.2) is 4.39 Å². The second-order valence-corrected chi connectivity index (χ2v) is 4.69. The number of ketones is 1. The van der Waals surface area contributed by atoms with Gasteiger partial charge in [-0.2, -0.15) is 0 Å². The summed E-state index contributed by atoms with van der Waals surface area (Å²) >= 11 is 0. The molecular weight excluding hydrogens is 263 g/mol. The van der Waals surface area contributed by atoms with E-state index in [0.29, 0.717) is 37.7 Å². The first kappa shape index (κ1) is 14.5. The van der Waals surface area contributed by atoms with E-state index in [1.165, 1.54) is 13.0 Å².